The van der Waals surface area contributed by atoms with Crippen LogP contribution in [-0.2, 0) is 16.1 Å². The van der Waals surface area contributed by atoms with Gasteiger partial charge in [0.2, 0.25) is 11.8 Å². The molecule has 5 atom stereocenters. The Balaban J connectivity index is 1.27. The van der Waals surface area contributed by atoms with Gasteiger partial charge in [0.15, 0.2) is 0 Å². The first-order valence-corrected chi connectivity index (χ1v) is 11.5. The van der Waals surface area contributed by atoms with E-state index in [9.17, 15) is 9.59 Å². The van der Waals surface area contributed by atoms with Crippen molar-refractivity contribution in [1.82, 2.24) is 26.6 Å². The van der Waals surface area contributed by atoms with E-state index in [1.165, 1.54) is 11.1 Å². The van der Waals surface area contributed by atoms with Crippen molar-refractivity contribution in [2.45, 2.75) is 57.9 Å². The van der Waals surface area contributed by atoms with Gasteiger partial charge in [-0.05, 0) is 44.2 Å². The molecule has 2 heterocycles. The average Bonchev–Trinajstić information content (AvgIpc) is 3.22. The summed E-state index contributed by atoms with van der Waals surface area (Å²) in [6, 6.07) is 16.5. The topological polar surface area (TPSA) is 85.5 Å². The van der Waals surface area contributed by atoms with Crippen LogP contribution in [0.5, 0.6) is 0 Å². The molecule has 7 nitrogen and oxygen atoms in total. The fourth-order valence-electron chi connectivity index (χ4n) is 5.31. The van der Waals surface area contributed by atoms with Crippen LogP contribution in [0, 0.1) is 25.7 Å². The first kappa shape index (κ1) is 21.1. The summed E-state index contributed by atoms with van der Waals surface area (Å²) < 4.78 is 0. The lowest BCUT2D eigenvalue weighted by Crippen LogP contribution is -2.65. The van der Waals surface area contributed by atoms with Gasteiger partial charge in [0, 0.05) is 18.5 Å². The lowest BCUT2D eigenvalue weighted by molar-refractivity contribution is -0.143. The monoisotopic (exact) mass is 433 g/mol. The van der Waals surface area contributed by atoms with Gasteiger partial charge in [0.05, 0.1) is 12.0 Å². The Morgan fingerprint density at radius 2 is 1.91 bits per heavy atom. The number of carbonyl (C=O) groups is 2. The van der Waals surface area contributed by atoms with Crippen LogP contribution in [0.4, 0.5) is 0 Å². The Kier molecular flexibility index (Phi) is 5.71. The SMILES string of the molecule is Cc1ccc(CNC(=O)C2CCC3C(=O)NC4C(c5cccc(C)c5)NNN4C3C2)cc1. The summed E-state index contributed by atoms with van der Waals surface area (Å²) in [5.41, 5.74) is 11.3. The molecule has 5 rings (SSSR count). The molecule has 2 saturated heterocycles. The molecule has 0 aromatic heterocycles. The third kappa shape index (κ3) is 4.03. The van der Waals surface area contributed by atoms with Crippen molar-refractivity contribution in [1.29, 1.82) is 0 Å². The largest absolute Gasteiger partial charge is 0.352 e. The molecule has 2 amide bonds. The third-order valence-corrected chi connectivity index (χ3v) is 7.12. The summed E-state index contributed by atoms with van der Waals surface area (Å²) in [5.74, 6) is -0.0158. The zero-order chi connectivity index (χ0) is 22.2. The molecule has 0 bridgehead atoms. The first-order chi connectivity index (χ1) is 15.5. The highest BCUT2D eigenvalue weighted by Gasteiger charge is 2.51. The lowest BCUT2D eigenvalue weighted by atomic mass is 9.75. The second kappa shape index (κ2) is 8.65. The van der Waals surface area contributed by atoms with Crippen LogP contribution < -0.4 is 21.6 Å². The normalized spacial score (nSPS) is 29.7. The van der Waals surface area contributed by atoms with Gasteiger partial charge in [-0.25, -0.2) is 10.4 Å². The van der Waals surface area contributed by atoms with Crippen LogP contribution in [0.1, 0.15) is 47.6 Å². The number of benzene rings is 2. The van der Waals surface area contributed by atoms with E-state index >= 15 is 0 Å². The summed E-state index contributed by atoms with van der Waals surface area (Å²) >= 11 is 0. The van der Waals surface area contributed by atoms with Crippen LogP contribution in [0.15, 0.2) is 48.5 Å². The van der Waals surface area contributed by atoms with Gasteiger partial charge in [-0.3, -0.25) is 9.59 Å². The first-order valence-electron chi connectivity index (χ1n) is 11.5. The lowest BCUT2D eigenvalue weighted by Gasteiger charge is -2.46. The highest BCUT2D eigenvalue weighted by molar-refractivity contribution is 5.83. The summed E-state index contributed by atoms with van der Waals surface area (Å²) in [6.45, 7) is 4.66. The Hall–Kier alpha value is -2.74. The quantitative estimate of drug-likeness (QED) is 0.594. The van der Waals surface area contributed by atoms with Gasteiger partial charge in [-0.2, -0.15) is 5.53 Å². The Morgan fingerprint density at radius 1 is 1.09 bits per heavy atom. The number of aryl methyl sites for hydroxylation is 2. The predicted octanol–water partition coefficient (Wildman–Crippen LogP) is 2.23. The van der Waals surface area contributed by atoms with Gasteiger partial charge >= 0.3 is 0 Å². The van der Waals surface area contributed by atoms with Crippen molar-refractivity contribution in [2.75, 3.05) is 0 Å². The molecule has 32 heavy (non-hydrogen) atoms. The second-order valence-corrected chi connectivity index (χ2v) is 9.40. The maximum atomic E-state index is 12.9. The van der Waals surface area contributed by atoms with E-state index in [0.29, 0.717) is 13.0 Å². The van der Waals surface area contributed by atoms with Gasteiger partial charge in [-0.15, -0.1) is 0 Å². The number of hydrogen-bond acceptors (Lipinski definition) is 5. The van der Waals surface area contributed by atoms with Crippen molar-refractivity contribution in [2.24, 2.45) is 11.8 Å². The molecule has 0 spiro atoms. The minimum atomic E-state index is -0.181. The van der Waals surface area contributed by atoms with E-state index < -0.39 is 0 Å². The molecular formula is C25H31N5O2. The molecule has 4 N–H and O–H groups in total. The molecule has 168 valence electrons. The number of fused-ring (bicyclic) bond motifs is 3. The molecule has 3 aliphatic rings. The van der Waals surface area contributed by atoms with Gasteiger partial charge in [0.25, 0.3) is 0 Å². The van der Waals surface area contributed by atoms with Crippen molar-refractivity contribution in [3.05, 3.63) is 70.8 Å². The highest BCUT2D eigenvalue weighted by Crippen LogP contribution is 2.38. The van der Waals surface area contributed by atoms with E-state index in [0.717, 1.165) is 24.0 Å². The second-order valence-electron chi connectivity index (χ2n) is 9.40. The van der Waals surface area contributed by atoms with Crippen LogP contribution in [0.2, 0.25) is 0 Å². The number of hydrogen-bond donors (Lipinski definition) is 4. The number of amides is 2. The maximum Gasteiger partial charge on any atom is 0.226 e. The fraction of sp³-hybridized carbons (Fsp3) is 0.440. The fourth-order valence-corrected chi connectivity index (χ4v) is 5.31. The predicted molar refractivity (Wildman–Crippen MR) is 122 cm³/mol. The molecular weight excluding hydrogens is 402 g/mol. The molecule has 5 unspecified atom stereocenters. The summed E-state index contributed by atoms with van der Waals surface area (Å²) in [6.07, 6.45) is 1.95. The number of carbonyl (C=O) groups excluding carboxylic acids is 2. The number of nitrogens with zero attached hydrogens (tertiary/aromatic N) is 1. The van der Waals surface area contributed by atoms with Crippen LogP contribution in [-0.4, -0.2) is 29.0 Å². The third-order valence-electron chi connectivity index (χ3n) is 7.12. The van der Waals surface area contributed by atoms with E-state index in [4.69, 9.17) is 0 Å². The molecule has 1 saturated carbocycles. The van der Waals surface area contributed by atoms with Gasteiger partial charge < -0.3 is 10.6 Å². The van der Waals surface area contributed by atoms with Crippen LogP contribution in [0.3, 0.4) is 0 Å². The van der Waals surface area contributed by atoms with E-state index in [1.807, 2.05) is 18.2 Å². The number of rotatable bonds is 4. The Morgan fingerprint density at radius 3 is 2.69 bits per heavy atom. The minimum absolute atomic E-state index is 0.0139. The average molecular weight is 434 g/mol. The van der Waals surface area contributed by atoms with Gasteiger partial charge in [-0.1, -0.05) is 59.7 Å². The zero-order valence-electron chi connectivity index (χ0n) is 18.6. The van der Waals surface area contributed by atoms with Crippen LogP contribution in [0.25, 0.3) is 0 Å². The van der Waals surface area contributed by atoms with E-state index in [-0.39, 0.29) is 41.9 Å². The molecule has 1 aliphatic carbocycles. The maximum absolute atomic E-state index is 12.9. The molecule has 2 aromatic rings. The van der Waals surface area contributed by atoms with Gasteiger partial charge in [0.1, 0.15) is 6.17 Å². The summed E-state index contributed by atoms with van der Waals surface area (Å²) in [4.78, 5) is 25.9. The number of nitrogens with one attached hydrogen (secondary N) is 4. The van der Waals surface area contributed by atoms with Crippen molar-refractivity contribution in [3.63, 3.8) is 0 Å². The van der Waals surface area contributed by atoms with E-state index in [1.54, 1.807) is 0 Å². The van der Waals surface area contributed by atoms with Crippen LogP contribution >= 0.6 is 0 Å². The molecule has 2 aromatic carbocycles. The van der Waals surface area contributed by atoms with Crippen molar-refractivity contribution < 1.29 is 9.59 Å². The summed E-state index contributed by atoms with van der Waals surface area (Å²) in [5, 5.41) is 8.43. The van der Waals surface area contributed by atoms with E-state index in [2.05, 4.69) is 70.8 Å². The van der Waals surface area contributed by atoms with Crippen molar-refractivity contribution in [3.8, 4) is 0 Å². The number of hydrazine groups is 2. The molecule has 7 heteroatoms. The molecule has 3 fully saturated rings. The standard InChI is InChI=1S/C25H31N5O2/c1-15-6-8-17(9-7-15)14-26-24(31)19-10-11-20-21(13-19)30-23(27-25(20)32)22(28-29-30)18-5-3-4-16(2)12-18/h3-9,12,19-23,28-29H,10-11,13-14H2,1-2H3,(H,26,31)(H,27,32). The zero-order valence-corrected chi connectivity index (χ0v) is 18.6. The summed E-state index contributed by atoms with van der Waals surface area (Å²) in [7, 11) is 0. The smallest absolute Gasteiger partial charge is 0.226 e. The minimum Gasteiger partial charge on any atom is -0.352 e. The highest BCUT2D eigenvalue weighted by atomic mass is 16.2. The molecule has 0 radical (unpaired) electrons. The Bertz CT molecular complexity index is 1010. The Labute approximate surface area is 188 Å². The van der Waals surface area contributed by atoms with Crippen molar-refractivity contribution >= 4 is 11.8 Å². The molecule has 2 aliphatic heterocycles.